The zero-order valence-corrected chi connectivity index (χ0v) is 24.2. The molecule has 0 saturated heterocycles. The molecule has 0 bridgehead atoms. The quantitative estimate of drug-likeness (QED) is 0.0488. The molecule has 234 valence electrons. The summed E-state index contributed by atoms with van der Waals surface area (Å²) in [5.74, 6) is -0.0515. The van der Waals surface area contributed by atoms with Crippen LogP contribution in [0.15, 0.2) is 0 Å². The molecule has 2 unspecified atom stereocenters. The second kappa shape index (κ2) is 23.8. The summed E-state index contributed by atoms with van der Waals surface area (Å²) >= 11 is 0. The van der Waals surface area contributed by atoms with Crippen molar-refractivity contribution in [3.8, 4) is 0 Å². The molecule has 0 aromatic carbocycles. The van der Waals surface area contributed by atoms with Gasteiger partial charge in [-0.25, -0.2) is 0 Å². The first-order valence-electron chi connectivity index (χ1n) is 12.8. The van der Waals surface area contributed by atoms with E-state index in [1.165, 1.54) is 7.11 Å². The molecule has 15 nitrogen and oxygen atoms in total. The van der Waals surface area contributed by atoms with Crippen LogP contribution in [-0.2, 0) is 13.7 Å². The van der Waals surface area contributed by atoms with Crippen LogP contribution in [0, 0.1) is 0 Å². The molecule has 2 atom stereocenters. The Bertz CT molecular complexity index is 541. The first-order chi connectivity index (χ1) is 18.0. The fourth-order valence-electron chi connectivity index (χ4n) is 3.20. The highest BCUT2D eigenvalue weighted by molar-refractivity contribution is 8.20. The zero-order chi connectivity index (χ0) is 28.7. The largest absolute Gasteiger partial charge is 0.389 e. The monoisotopic (exact) mass is 599 g/mol. The first-order valence-corrected chi connectivity index (χ1v) is 16.2. The maximum atomic E-state index is 10.4. The Kier molecular flexibility index (Phi) is 23.8. The number of hydrogen-bond donors (Lipinski definition) is 11. The minimum absolute atomic E-state index is 0.0925. The molecule has 0 aliphatic rings. The van der Waals surface area contributed by atoms with Gasteiger partial charge in [-0.05, 0) is 12.8 Å². The molecular weight excluding hydrogens is 546 g/mol. The lowest BCUT2D eigenvalue weighted by Crippen LogP contribution is -2.43. The third-order valence-corrected chi connectivity index (χ3v) is 7.34. The number of nitrogens with one attached hydrogen (secondary N) is 3. The van der Waals surface area contributed by atoms with Gasteiger partial charge >= 0.3 is 0 Å². The Morgan fingerprint density at radius 1 is 0.763 bits per heavy atom. The van der Waals surface area contributed by atoms with Crippen molar-refractivity contribution in [2.45, 2.75) is 25.0 Å². The van der Waals surface area contributed by atoms with Crippen LogP contribution in [-0.4, -0.2) is 161 Å². The fourth-order valence-corrected chi connectivity index (χ4v) is 4.37. The highest BCUT2D eigenvalue weighted by atomic mass is 32.3. The van der Waals surface area contributed by atoms with E-state index in [0.29, 0.717) is 65.3 Å². The van der Waals surface area contributed by atoms with Gasteiger partial charge in [-0.15, -0.1) is 0 Å². The summed E-state index contributed by atoms with van der Waals surface area (Å²) in [6, 6.07) is 0. The summed E-state index contributed by atoms with van der Waals surface area (Å²) in [5.41, 5.74) is 5.52. The predicted molar refractivity (Wildman–Crippen MR) is 152 cm³/mol. The van der Waals surface area contributed by atoms with Gasteiger partial charge in [0.2, 0.25) is 0 Å². The molecule has 38 heavy (non-hydrogen) atoms. The summed E-state index contributed by atoms with van der Waals surface area (Å²) < 4.78 is 60.8. The van der Waals surface area contributed by atoms with Gasteiger partial charge in [0.15, 0.2) is 0 Å². The number of hydrogen-bond acceptors (Lipinski definition) is 15. The van der Waals surface area contributed by atoms with Crippen LogP contribution in [0.1, 0.15) is 12.8 Å². The molecule has 0 rings (SSSR count). The topological polar surface area (TPSA) is 235 Å². The summed E-state index contributed by atoms with van der Waals surface area (Å²) in [7, 11) is -5.24. The van der Waals surface area contributed by atoms with Crippen molar-refractivity contribution in [3.05, 3.63) is 0 Å². The van der Waals surface area contributed by atoms with Gasteiger partial charge in [0, 0.05) is 90.2 Å². The van der Waals surface area contributed by atoms with Crippen molar-refractivity contribution in [2.75, 3.05) is 110 Å². The zero-order valence-electron chi connectivity index (χ0n) is 22.6. The van der Waals surface area contributed by atoms with Gasteiger partial charge < -0.3 is 64.1 Å². The van der Waals surface area contributed by atoms with E-state index >= 15 is 0 Å². The predicted octanol–water partition coefficient (Wildman–Crippen LogP) is -0.913. The third kappa shape index (κ3) is 26.3. The van der Waals surface area contributed by atoms with Gasteiger partial charge in [-0.1, -0.05) is 0 Å². The van der Waals surface area contributed by atoms with Crippen molar-refractivity contribution >= 4 is 21.7 Å². The average Bonchev–Trinajstić information content (AvgIpc) is 2.84. The Labute approximate surface area is 230 Å². The summed E-state index contributed by atoms with van der Waals surface area (Å²) in [4.78, 5) is 2.12. The lowest BCUT2D eigenvalue weighted by atomic mass is 10.3. The van der Waals surface area contributed by atoms with Gasteiger partial charge in [-0.2, -0.15) is 0 Å². The molecule has 0 aromatic rings. The molecule has 0 fully saturated rings. The van der Waals surface area contributed by atoms with E-state index in [0.717, 1.165) is 19.6 Å². The molecule has 0 saturated carbocycles. The standard InChI is InChI=1S/C21H53N5O10S2/c1-34-38(32,33)15-3-13-36-19-21(28)17-26(10-8-23-5-4-22)11-9-24-6-7-25-16-20(27)18-35-12-2-14-37(29,30)31/h20-21,23-25,27-33H,2-19,22H2,1H3. The number of ether oxygens (including phenoxy) is 2. The second-order valence-electron chi connectivity index (χ2n) is 8.77. The summed E-state index contributed by atoms with van der Waals surface area (Å²) in [5, 5.41) is 29.9. The lowest BCUT2D eigenvalue weighted by Gasteiger charge is -2.26. The number of rotatable bonds is 28. The van der Waals surface area contributed by atoms with Gasteiger partial charge in [0.1, 0.15) is 0 Å². The van der Waals surface area contributed by atoms with Crippen LogP contribution in [0.25, 0.3) is 0 Å². The van der Waals surface area contributed by atoms with Crippen LogP contribution in [0.3, 0.4) is 0 Å². The molecular formula is C21H53N5O10S2. The van der Waals surface area contributed by atoms with E-state index in [9.17, 15) is 19.3 Å². The lowest BCUT2D eigenvalue weighted by molar-refractivity contribution is 0.0172. The van der Waals surface area contributed by atoms with E-state index in [2.05, 4.69) is 25.0 Å². The normalized spacial score (nSPS) is 15.2. The maximum absolute atomic E-state index is 10.4. The van der Waals surface area contributed by atoms with Crippen LogP contribution < -0.4 is 21.7 Å². The number of aliphatic hydroxyl groups is 2. The Hall–Kier alpha value is 0.1000. The third-order valence-electron chi connectivity index (χ3n) is 5.15. The van der Waals surface area contributed by atoms with Gasteiger partial charge in [0.05, 0.1) is 54.3 Å². The smallest absolute Gasteiger partial charge is 0.0900 e. The molecule has 17 heteroatoms. The van der Waals surface area contributed by atoms with Gasteiger partial charge in [-0.3, -0.25) is 9.08 Å². The Morgan fingerprint density at radius 3 is 1.89 bits per heavy atom. The Balaban J connectivity index is 4.00. The average molecular weight is 600 g/mol. The van der Waals surface area contributed by atoms with Crippen molar-refractivity contribution in [1.82, 2.24) is 20.9 Å². The molecule has 0 heterocycles. The van der Waals surface area contributed by atoms with Crippen molar-refractivity contribution < 1.29 is 46.6 Å². The number of aliphatic hydroxyl groups excluding tert-OH is 2. The highest BCUT2D eigenvalue weighted by Gasteiger charge is 2.16. The molecule has 0 aliphatic heterocycles. The SMILES string of the molecule is COS(O)(O)CCCOCC(O)CN(CCNCCN)CCNCCNCC(O)COCCCS(O)(O)O. The first kappa shape index (κ1) is 38.1. The van der Waals surface area contributed by atoms with Crippen LogP contribution >= 0.6 is 21.7 Å². The van der Waals surface area contributed by atoms with Gasteiger partial charge in [0.25, 0.3) is 0 Å². The molecule has 0 aliphatic carbocycles. The fraction of sp³-hybridized carbons (Fsp3) is 1.00. The molecule has 0 radical (unpaired) electrons. The summed E-state index contributed by atoms with van der Waals surface area (Å²) in [6.45, 7) is 7.05. The minimum atomic E-state index is -3.49. The maximum Gasteiger partial charge on any atom is 0.0900 e. The molecule has 0 amide bonds. The highest BCUT2D eigenvalue weighted by Crippen LogP contribution is 2.38. The summed E-state index contributed by atoms with van der Waals surface area (Å²) in [6.07, 6.45) is -0.671. The molecule has 0 aromatic heterocycles. The minimum Gasteiger partial charge on any atom is -0.389 e. The van der Waals surface area contributed by atoms with E-state index in [4.69, 9.17) is 28.9 Å². The van der Waals surface area contributed by atoms with Crippen molar-refractivity contribution in [2.24, 2.45) is 5.73 Å². The van der Waals surface area contributed by atoms with E-state index in [1.807, 2.05) is 0 Å². The Morgan fingerprint density at radius 2 is 1.32 bits per heavy atom. The molecule has 0 spiro atoms. The van der Waals surface area contributed by atoms with E-state index < -0.39 is 33.9 Å². The number of nitrogens with two attached hydrogens (primary N) is 1. The van der Waals surface area contributed by atoms with Crippen LogP contribution in [0.4, 0.5) is 0 Å². The van der Waals surface area contributed by atoms with Crippen molar-refractivity contribution in [3.63, 3.8) is 0 Å². The van der Waals surface area contributed by atoms with E-state index in [1.54, 1.807) is 0 Å². The van der Waals surface area contributed by atoms with Crippen molar-refractivity contribution in [1.29, 1.82) is 0 Å². The van der Waals surface area contributed by atoms with Crippen LogP contribution in [0.2, 0.25) is 0 Å². The van der Waals surface area contributed by atoms with E-state index in [-0.39, 0.29) is 31.3 Å². The second-order valence-corrected chi connectivity index (χ2v) is 12.4. The number of nitrogens with zero attached hydrogens (tertiary/aromatic N) is 1. The van der Waals surface area contributed by atoms with Crippen LogP contribution in [0.5, 0.6) is 0 Å². The molecule has 12 N–H and O–H groups in total.